The molecule has 0 unspecified atom stereocenters. The molecule has 0 spiro atoms. The zero-order valence-electron chi connectivity index (χ0n) is 13.1. The van der Waals surface area contributed by atoms with E-state index < -0.39 is 0 Å². The highest BCUT2D eigenvalue weighted by Gasteiger charge is 2.19. The minimum absolute atomic E-state index is 0.680. The van der Waals surface area contributed by atoms with Crippen LogP contribution < -0.4 is 0 Å². The van der Waals surface area contributed by atoms with Crippen LogP contribution in [0.25, 0.3) is 11.0 Å². The highest BCUT2D eigenvalue weighted by Crippen LogP contribution is 2.19. The van der Waals surface area contributed by atoms with Crippen molar-refractivity contribution < 1.29 is 4.74 Å². The summed E-state index contributed by atoms with van der Waals surface area (Å²) in [5, 5.41) is 0. The van der Waals surface area contributed by atoms with E-state index in [2.05, 4.69) is 47.7 Å². The lowest BCUT2D eigenvalue weighted by atomic mass is 10.1. The minimum Gasteiger partial charge on any atom is -0.381 e. The second-order valence-electron chi connectivity index (χ2n) is 6.09. The first-order valence-electron chi connectivity index (χ1n) is 7.98. The predicted octanol–water partition coefficient (Wildman–Crippen LogP) is 2.91. The fraction of sp³-hybridized carbons (Fsp3) is 0.588. The molecule has 1 aromatic heterocycles. The Balaban J connectivity index is 1.76. The number of imidazole rings is 1. The van der Waals surface area contributed by atoms with E-state index in [0.717, 1.165) is 44.8 Å². The third-order valence-corrected chi connectivity index (χ3v) is 4.19. The summed E-state index contributed by atoms with van der Waals surface area (Å²) in [6.45, 7) is 7.09. The average molecular weight is 287 g/mol. The first kappa shape index (κ1) is 14.5. The summed E-state index contributed by atoms with van der Waals surface area (Å²) in [4.78, 5) is 7.22. The van der Waals surface area contributed by atoms with Crippen molar-refractivity contribution in [3.8, 4) is 0 Å². The zero-order valence-corrected chi connectivity index (χ0v) is 13.1. The fourth-order valence-corrected chi connectivity index (χ4v) is 3.19. The van der Waals surface area contributed by atoms with E-state index in [4.69, 9.17) is 9.72 Å². The van der Waals surface area contributed by atoms with Gasteiger partial charge >= 0.3 is 0 Å². The molecule has 0 bridgehead atoms. The number of benzene rings is 1. The summed E-state index contributed by atoms with van der Waals surface area (Å²) >= 11 is 0. The Kier molecular flexibility index (Phi) is 4.56. The number of hydrogen-bond donors (Lipinski definition) is 0. The van der Waals surface area contributed by atoms with Gasteiger partial charge < -0.3 is 9.30 Å². The van der Waals surface area contributed by atoms with Gasteiger partial charge in [0, 0.05) is 19.7 Å². The Morgan fingerprint density at radius 1 is 1.38 bits per heavy atom. The smallest absolute Gasteiger partial charge is 0.124 e. The first-order valence-corrected chi connectivity index (χ1v) is 7.98. The van der Waals surface area contributed by atoms with Gasteiger partial charge in [-0.15, -0.1) is 0 Å². The van der Waals surface area contributed by atoms with Gasteiger partial charge in [-0.2, -0.15) is 0 Å². The van der Waals surface area contributed by atoms with Crippen molar-refractivity contribution in [3.63, 3.8) is 0 Å². The van der Waals surface area contributed by atoms with Crippen molar-refractivity contribution in [2.75, 3.05) is 26.8 Å². The maximum absolute atomic E-state index is 5.47. The lowest BCUT2D eigenvalue weighted by molar-refractivity contribution is 0.172. The normalized spacial score (nSPS) is 18.9. The van der Waals surface area contributed by atoms with E-state index in [9.17, 15) is 0 Å². The lowest BCUT2D eigenvalue weighted by Gasteiger charge is -2.20. The van der Waals surface area contributed by atoms with Gasteiger partial charge in [0.1, 0.15) is 5.82 Å². The average Bonchev–Trinajstić information content (AvgIpc) is 3.08. The van der Waals surface area contributed by atoms with E-state index >= 15 is 0 Å². The number of ether oxygens (including phenoxy) is 1. The van der Waals surface area contributed by atoms with Crippen LogP contribution in [0, 0.1) is 5.92 Å². The molecular weight excluding hydrogens is 262 g/mol. The minimum atomic E-state index is 0.680. The summed E-state index contributed by atoms with van der Waals surface area (Å²) in [5.41, 5.74) is 2.37. The first-order chi connectivity index (χ1) is 10.3. The molecule has 1 aliphatic heterocycles. The van der Waals surface area contributed by atoms with E-state index in [0.29, 0.717) is 5.92 Å². The molecule has 0 radical (unpaired) electrons. The quantitative estimate of drug-likeness (QED) is 0.818. The second-order valence-corrected chi connectivity index (χ2v) is 6.09. The molecule has 4 heteroatoms. The van der Waals surface area contributed by atoms with Crippen LogP contribution in [0.15, 0.2) is 24.3 Å². The zero-order chi connectivity index (χ0) is 14.7. The summed E-state index contributed by atoms with van der Waals surface area (Å²) < 4.78 is 7.84. The molecule has 0 saturated carbocycles. The molecule has 1 aliphatic rings. The van der Waals surface area contributed by atoms with Crippen LogP contribution >= 0.6 is 0 Å². The standard InChI is InChI=1S/C17H25N3O/c1-3-9-20-16-7-5-4-6-15(16)18-17(20)12-19(2)11-14-8-10-21-13-14/h4-7,14H,3,8-13H2,1-2H3/t14-/m0/s1. The topological polar surface area (TPSA) is 30.3 Å². The molecule has 2 heterocycles. The highest BCUT2D eigenvalue weighted by molar-refractivity contribution is 5.75. The van der Waals surface area contributed by atoms with Crippen LogP contribution in [0.1, 0.15) is 25.6 Å². The summed E-state index contributed by atoms with van der Waals surface area (Å²) in [7, 11) is 2.19. The Labute approximate surface area is 126 Å². The SMILES string of the molecule is CCCn1c(CN(C)C[C@@H]2CCOC2)nc2ccccc21. The number of nitrogens with zero attached hydrogens (tertiary/aromatic N) is 3. The van der Waals surface area contributed by atoms with Gasteiger partial charge in [0.05, 0.1) is 24.2 Å². The number of rotatable bonds is 6. The van der Waals surface area contributed by atoms with E-state index in [1.54, 1.807) is 0 Å². The van der Waals surface area contributed by atoms with Crippen molar-refractivity contribution in [3.05, 3.63) is 30.1 Å². The molecule has 1 fully saturated rings. The maximum atomic E-state index is 5.47. The molecule has 2 aromatic rings. The Morgan fingerprint density at radius 2 is 2.24 bits per heavy atom. The van der Waals surface area contributed by atoms with Gasteiger partial charge in [-0.05, 0) is 37.9 Å². The molecule has 114 valence electrons. The molecule has 1 aromatic carbocycles. The molecule has 0 aliphatic carbocycles. The molecule has 3 rings (SSSR count). The molecule has 4 nitrogen and oxygen atoms in total. The van der Waals surface area contributed by atoms with Gasteiger partial charge in [0.15, 0.2) is 0 Å². The van der Waals surface area contributed by atoms with Crippen LogP contribution in [0.5, 0.6) is 0 Å². The molecule has 0 amide bonds. The number of aromatic nitrogens is 2. The Hall–Kier alpha value is -1.39. The third-order valence-electron chi connectivity index (χ3n) is 4.19. The predicted molar refractivity (Wildman–Crippen MR) is 85.3 cm³/mol. The van der Waals surface area contributed by atoms with E-state index in [-0.39, 0.29) is 0 Å². The number of aryl methyl sites for hydroxylation is 1. The molecule has 1 atom stereocenters. The number of para-hydroxylation sites is 2. The molecule has 21 heavy (non-hydrogen) atoms. The lowest BCUT2D eigenvalue weighted by Crippen LogP contribution is -2.27. The second kappa shape index (κ2) is 6.58. The van der Waals surface area contributed by atoms with Gasteiger partial charge in [-0.25, -0.2) is 4.98 Å². The summed E-state index contributed by atoms with van der Waals surface area (Å²) in [5.74, 6) is 1.86. The monoisotopic (exact) mass is 287 g/mol. The Morgan fingerprint density at radius 3 is 3.00 bits per heavy atom. The molecular formula is C17H25N3O. The van der Waals surface area contributed by atoms with E-state index in [1.165, 1.54) is 17.8 Å². The van der Waals surface area contributed by atoms with Gasteiger partial charge in [-0.1, -0.05) is 19.1 Å². The summed E-state index contributed by atoms with van der Waals surface area (Å²) in [6.07, 6.45) is 2.32. The van der Waals surface area contributed by atoms with Crippen LogP contribution in [0.4, 0.5) is 0 Å². The number of fused-ring (bicyclic) bond motifs is 1. The van der Waals surface area contributed by atoms with Crippen molar-refractivity contribution in [1.29, 1.82) is 0 Å². The van der Waals surface area contributed by atoms with Crippen molar-refractivity contribution in [2.45, 2.75) is 32.9 Å². The molecule has 1 saturated heterocycles. The Bertz CT molecular complexity index is 587. The van der Waals surface area contributed by atoms with Gasteiger partial charge in [0.2, 0.25) is 0 Å². The van der Waals surface area contributed by atoms with Gasteiger partial charge in [0.25, 0.3) is 0 Å². The van der Waals surface area contributed by atoms with Crippen molar-refractivity contribution >= 4 is 11.0 Å². The van der Waals surface area contributed by atoms with E-state index in [1.807, 2.05) is 0 Å². The largest absolute Gasteiger partial charge is 0.381 e. The fourth-order valence-electron chi connectivity index (χ4n) is 3.19. The van der Waals surface area contributed by atoms with Crippen LogP contribution in [-0.2, 0) is 17.8 Å². The van der Waals surface area contributed by atoms with Crippen molar-refractivity contribution in [1.82, 2.24) is 14.5 Å². The van der Waals surface area contributed by atoms with Crippen molar-refractivity contribution in [2.24, 2.45) is 5.92 Å². The van der Waals surface area contributed by atoms with Crippen LogP contribution in [0.3, 0.4) is 0 Å². The van der Waals surface area contributed by atoms with Crippen LogP contribution in [-0.4, -0.2) is 41.3 Å². The third kappa shape index (κ3) is 3.27. The summed E-state index contributed by atoms with van der Waals surface area (Å²) in [6, 6.07) is 8.44. The highest BCUT2D eigenvalue weighted by atomic mass is 16.5. The van der Waals surface area contributed by atoms with Gasteiger partial charge in [-0.3, -0.25) is 4.90 Å². The number of hydrogen-bond acceptors (Lipinski definition) is 3. The molecule has 0 N–H and O–H groups in total. The van der Waals surface area contributed by atoms with Crippen LogP contribution in [0.2, 0.25) is 0 Å². The maximum Gasteiger partial charge on any atom is 0.124 e.